The van der Waals surface area contributed by atoms with E-state index in [4.69, 9.17) is 22.9 Å². The van der Waals surface area contributed by atoms with E-state index in [2.05, 4.69) is 25.9 Å². The van der Waals surface area contributed by atoms with Crippen molar-refractivity contribution in [3.8, 4) is 0 Å². The molecule has 16 heteroatoms. The second kappa shape index (κ2) is 16.8. The van der Waals surface area contributed by atoms with Crippen molar-refractivity contribution in [2.75, 3.05) is 18.6 Å². The van der Waals surface area contributed by atoms with Gasteiger partial charge in [0, 0.05) is 30.1 Å². The highest BCUT2D eigenvalue weighted by molar-refractivity contribution is 7.98. The Hall–Kier alpha value is -4.31. The number of carboxylic acids is 1. The van der Waals surface area contributed by atoms with E-state index in [-0.39, 0.29) is 25.3 Å². The molecule has 0 bridgehead atoms. The fraction of sp³-hybridized carbons (Fsp3) is 0.462. The van der Waals surface area contributed by atoms with Crippen molar-refractivity contribution < 1.29 is 29.1 Å². The molecule has 0 aliphatic heterocycles. The fourth-order valence-electron chi connectivity index (χ4n) is 4.10. The average Bonchev–Trinajstić information content (AvgIpc) is 3.34. The standard InChI is InChI=1S/C26H39N9O6S/c1-42-10-8-16(27)22(37)33-18(7-4-9-31-26(29)30)23(38)34-19(24(39)35-20(25(40)41)12-21(28)36)11-14-13-32-17-6-3-2-5-15(14)17/h2-3,5-6,13,16,18-20,32H,4,7-12,27H2,1H3,(H2,28,36)(H,33,37)(H,34,38)(H,35,39)(H,40,41)(H4,29,30,31). The number of thioether (sulfide) groups is 1. The summed E-state index contributed by atoms with van der Waals surface area (Å²) in [6.45, 7) is 0.188. The van der Waals surface area contributed by atoms with Gasteiger partial charge in [0.1, 0.15) is 18.1 Å². The van der Waals surface area contributed by atoms with Gasteiger partial charge in [-0.3, -0.25) is 24.2 Å². The van der Waals surface area contributed by atoms with Gasteiger partial charge in [-0.25, -0.2) is 4.79 Å². The number of aromatic amines is 1. The van der Waals surface area contributed by atoms with Crippen molar-refractivity contribution in [3.63, 3.8) is 0 Å². The summed E-state index contributed by atoms with van der Waals surface area (Å²) in [5.74, 6) is -3.99. The Labute approximate surface area is 247 Å². The van der Waals surface area contributed by atoms with E-state index >= 15 is 0 Å². The molecule has 1 aromatic heterocycles. The monoisotopic (exact) mass is 605 g/mol. The van der Waals surface area contributed by atoms with E-state index in [9.17, 15) is 29.1 Å². The van der Waals surface area contributed by atoms with Crippen molar-refractivity contribution in [3.05, 3.63) is 36.0 Å². The van der Waals surface area contributed by atoms with Crippen LogP contribution in [0, 0.1) is 0 Å². The number of fused-ring (bicyclic) bond motifs is 1. The first kappa shape index (κ1) is 33.9. The molecule has 2 rings (SSSR count). The first-order chi connectivity index (χ1) is 19.9. The zero-order chi connectivity index (χ0) is 31.2. The third kappa shape index (κ3) is 10.9. The van der Waals surface area contributed by atoms with Gasteiger partial charge in [-0.15, -0.1) is 0 Å². The van der Waals surface area contributed by atoms with Crippen LogP contribution in [0.1, 0.15) is 31.2 Å². The lowest BCUT2D eigenvalue weighted by Crippen LogP contribution is -2.58. The third-order valence-corrected chi connectivity index (χ3v) is 6.94. The van der Waals surface area contributed by atoms with Gasteiger partial charge in [-0.2, -0.15) is 11.8 Å². The first-order valence-corrected chi connectivity index (χ1v) is 14.6. The Morgan fingerprint density at radius 2 is 1.60 bits per heavy atom. The minimum absolute atomic E-state index is 0.0353. The summed E-state index contributed by atoms with van der Waals surface area (Å²) < 4.78 is 0. The Morgan fingerprint density at radius 1 is 0.952 bits per heavy atom. The number of benzene rings is 1. The lowest BCUT2D eigenvalue weighted by Gasteiger charge is -2.25. The maximum Gasteiger partial charge on any atom is 0.326 e. The SMILES string of the molecule is CSCCC(N)C(=O)NC(CCCN=C(N)N)C(=O)NC(Cc1c[nH]c2ccccc12)C(=O)NC(CC(N)=O)C(=O)O. The molecule has 0 fully saturated rings. The van der Waals surface area contributed by atoms with Gasteiger partial charge in [0.2, 0.25) is 23.6 Å². The number of hydrogen-bond donors (Lipinski definition) is 9. The summed E-state index contributed by atoms with van der Waals surface area (Å²) in [5, 5.41) is 17.8. The minimum Gasteiger partial charge on any atom is -0.480 e. The molecule has 2 aromatic rings. The van der Waals surface area contributed by atoms with Crippen molar-refractivity contribution in [2.45, 2.75) is 56.3 Å². The molecule has 0 spiro atoms. The molecule has 4 unspecified atom stereocenters. The summed E-state index contributed by atoms with van der Waals surface area (Å²) in [6, 6.07) is 2.44. The maximum absolute atomic E-state index is 13.5. The molecule has 0 saturated carbocycles. The smallest absolute Gasteiger partial charge is 0.326 e. The van der Waals surface area contributed by atoms with Crippen molar-refractivity contribution in [1.82, 2.24) is 20.9 Å². The molecule has 42 heavy (non-hydrogen) atoms. The van der Waals surface area contributed by atoms with Gasteiger partial charge in [-0.1, -0.05) is 18.2 Å². The number of H-pyrrole nitrogens is 1. The van der Waals surface area contributed by atoms with Gasteiger partial charge in [0.15, 0.2) is 5.96 Å². The van der Waals surface area contributed by atoms with Crippen LogP contribution >= 0.6 is 11.8 Å². The topological polar surface area (TPSA) is 274 Å². The Bertz CT molecular complexity index is 1280. The molecule has 0 radical (unpaired) electrons. The van der Waals surface area contributed by atoms with Crippen molar-refractivity contribution in [1.29, 1.82) is 0 Å². The lowest BCUT2D eigenvalue weighted by atomic mass is 10.0. The molecule has 4 atom stereocenters. The summed E-state index contributed by atoms with van der Waals surface area (Å²) in [5.41, 5.74) is 23.3. The van der Waals surface area contributed by atoms with E-state index in [0.29, 0.717) is 24.2 Å². The highest BCUT2D eigenvalue weighted by Crippen LogP contribution is 2.19. The van der Waals surface area contributed by atoms with Crippen LogP contribution in [0.2, 0.25) is 0 Å². The quantitative estimate of drug-likeness (QED) is 0.0525. The predicted molar refractivity (Wildman–Crippen MR) is 160 cm³/mol. The molecule has 4 amide bonds. The van der Waals surface area contributed by atoms with E-state index in [0.717, 1.165) is 10.9 Å². The van der Waals surface area contributed by atoms with E-state index < -0.39 is 60.2 Å². The number of rotatable bonds is 18. The minimum atomic E-state index is -1.61. The highest BCUT2D eigenvalue weighted by atomic mass is 32.2. The molecule has 1 heterocycles. The number of nitrogens with zero attached hydrogens (tertiary/aromatic N) is 1. The van der Waals surface area contributed by atoms with Crippen molar-refractivity contribution in [2.24, 2.45) is 27.9 Å². The molecule has 15 nitrogen and oxygen atoms in total. The molecular weight excluding hydrogens is 566 g/mol. The third-order valence-electron chi connectivity index (χ3n) is 6.30. The number of amides is 4. The Morgan fingerprint density at radius 3 is 2.24 bits per heavy atom. The number of hydrogen-bond acceptors (Lipinski definition) is 8. The van der Waals surface area contributed by atoms with Crippen LogP contribution < -0.4 is 38.9 Å². The van der Waals surface area contributed by atoms with Crippen LogP contribution in [0.4, 0.5) is 0 Å². The normalized spacial score (nSPS) is 13.8. The summed E-state index contributed by atoms with van der Waals surface area (Å²) >= 11 is 1.52. The zero-order valence-electron chi connectivity index (χ0n) is 23.3. The number of carbonyl (C=O) groups is 5. The van der Waals surface area contributed by atoms with Crippen LogP contribution in [-0.4, -0.2) is 88.4 Å². The highest BCUT2D eigenvalue weighted by Gasteiger charge is 2.31. The Balaban J connectivity index is 2.33. The summed E-state index contributed by atoms with van der Waals surface area (Å²) in [7, 11) is 0. The zero-order valence-corrected chi connectivity index (χ0v) is 24.1. The second-order valence-corrected chi connectivity index (χ2v) is 10.6. The number of carbonyl (C=O) groups excluding carboxylic acids is 4. The maximum atomic E-state index is 13.5. The lowest BCUT2D eigenvalue weighted by molar-refractivity contribution is -0.143. The number of aliphatic imine (C=N–C) groups is 1. The van der Waals surface area contributed by atoms with Gasteiger partial charge < -0.3 is 49.0 Å². The average molecular weight is 606 g/mol. The molecule has 0 saturated heterocycles. The number of aromatic nitrogens is 1. The molecular formula is C26H39N9O6S. The Kier molecular flexibility index (Phi) is 13.6. The second-order valence-electron chi connectivity index (χ2n) is 9.59. The number of guanidine groups is 1. The molecule has 0 aliphatic rings. The van der Waals surface area contributed by atoms with E-state index in [1.165, 1.54) is 11.8 Å². The van der Waals surface area contributed by atoms with Gasteiger partial charge >= 0.3 is 5.97 Å². The number of nitrogens with two attached hydrogens (primary N) is 4. The van der Waals surface area contributed by atoms with Crippen LogP contribution in [0.15, 0.2) is 35.5 Å². The van der Waals surface area contributed by atoms with Gasteiger partial charge in [0.25, 0.3) is 0 Å². The van der Waals surface area contributed by atoms with E-state index in [1.807, 2.05) is 30.5 Å². The summed E-state index contributed by atoms with van der Waals surface area (Å²) in [6.07, 6.45) is 3.69. The number of aliphatic carboxylic acids is 1. The van der Waals surface area contributed by atoms with Crippen molar-refractivity contribution >= 4 is 58.2 Å². The number of primary amides is 1. The molecule has 13 N–H and O–H groups in total. The van der Waals surface area contributed by atoms with Crippen LogP contribution in [0.3, 0.4) is 0 Å². The number of nitrogens with one attached hydrogen (secondary N) is 4. The fourth-order valence-corrected chi connectivity index (χ4v) is 4.59. The van der Waals surface area contributed by atoms with Crippen LogP contribution in [0.25, 0.3) is 10.9 Å². The predicted octanol–water partition coefficient (Wildman–Crippen LogP) is -1.74. The molecule has 1 aromatic carbocycles. The summed E-state index contributed by atoms with van der Waals surface area (Å²) in [4.78, 5) is 69.6. The molecule has 230 valence electrons. The van der Waals surface area contributed by atoms with E-state index in [1.54, 1.807) is 6.20 Å². The number of para-hydroxylation sites is 1. The van der Waals surface area contributed by atoms with Gasteiger partial charge in [-0.05, 0) is 42.9 Å². The largest absolute Gasteiger partial charge is 0.480 e. The molecule has 0 aliphatic carbocycles. The number of carboxylic acid groups (broad SMARTS) is 1. The van der Waals surface area contributed by atoms with Crippen LogP contribution in [0.5, 0.6) is 0 Å². The van der Waals surface area contributed by atoms with Gasteiger partial charge in [0.05, 0.1) is 12.5 Å². The first-order valence-electron chi connectivity index (χ1n) is 13.2. The van der Waals surface area contributed by atoms with Crippen LogP contribution in [-0.2, 0) is 30.4 Å².